The van der Waals surface area contributed by atoms with Gasteiger partial charge in [-0.15, -0.1) is 11.8 Å². The molecule has 2 heterocycles. The van der Waals surface area contributed by atoms with Crippen LogP contribution in [0.25, 0.3) is 0 Å². The predicted molar refractivity (Wildman–Crippen MR) is 176 cm³/mol. The fraction of sp³-hybridized carbons (Fsp3) is 0.375. The summed E-state index contributed by atoms with van der Waals surface area (Å²) < 4.78 is 52.4. The summed E-state index contributed by atoms with van der Waals surface area (Å²) in [6.45, 7) is 7.20. The zero-order valence-electron chi connectivity index (χ0n) is 25.1. The Balaban J connectivity index is 1.78. The van der Waals surface area contributed by atoms with Gasteiger partial charge in [-0.1, -0.05) is 100 Å². The Morgan fingerprint density at radius 2 is 1.11 bits per heavy atom. The van der Waals surface area contributed by atoms with Crippen LogP contribution in [0.2, 0.25) is 0 Å². The van der Waals surface area contributed by atoms with Gasteiger partial charge in [0.05, 0.1) is 22.9 Å². The number of hydrogen-bond donors (Lipinski definition) is 0. The highest BCUT2D eigenvalue weighted by atomic mass is 32.2. The third-order valence-corrected chi connectivity index (χ3v) is 12.6. The summed E-state index contributed by atoms with van der Waals surface area (Å²) >= 11 is 2.89. The molecule has 0 saturated heterocycles. The van der Waals surface area contributed by atoms with E-state index in [1.165, 1.54) is 23.5 Å². The average Bonchev–Trinajstić information content (AvgIpc) is 3.02. The van der Waals surface area contributed by atoms with Gasteiger partial charge in [0, 0.05) is 23.7 Å². The van der Waals surface area contributed by atoms with Crippen LogP contribution in [0.1, 0.15) is 73.9 Å². The molecule has 5 rings (SSSR count). The maximum atomic E-state index is 13.1. The zero-order chi connectivity index (χ0) is 31.5. The van der Waals surface area contributed by atoms with Crippen molar-refractivity contribution in [3.05, 3.63) is 95.3 Å². The summed E-state index contributed by atoms with van der Waals surface area (Å²) in [5.41, 5.74) is 3.39. The molecule has 0 spiro atoms. The van der Waals surface area contributed by atoms with Gasteiger partial charge in [-0.2, -0.15) is 0 Å². The minimum absolute atomic E-state index is 0.0306. The van der Waals surface area contributed by atoms with E-state index >= 15 is 0 Å². The molecule has 2 aromatic carbocycles. The van der Waals surface area contributed by atoms with Crippen molar-refractivity contribution in [2.24, 2.45) is 0 Å². The van der Waals surface area contributed by atoms with Crippen LogP contribution >= 0.6 is 23.5 Å². The van der Waals surface area contributed by atoms with Crippen molar-refractivity contribution in [1.29, 1.82) is 0 Å². The van der Waals surface area contributed by atoms with Gasteiger partial charge in [-0.3, -0.25) is 0 Å². The van der Waals surface area contributed by atoms with E-state index < -0.39 is 19.7 Å². The molecule has 232 valence electrons. The molecule has 1 fully saturated rings. The second kappa shape index (κ2) is 13.7. The Kier molecular flexibility index (Phi) is 10.1. The largest absolute Gasteiger partial charge is 0.248 e. The Hall–Kier alpha value is -2.80. The fourth-order valence-electron chi connectivity index (χ4n) is 5.84. The Morgan fingerprint density at radius 3 is 1.61 bits per heavy atom. The highest BCUT2D eigenvalue weighted by Gasteiger charge is 2.54. The van der Waals surface area contributed by atoms with Crippen LogP contribution in [-0.4, -0.2) is 59.8 Å². The molecule has 2 atom stereocenters. The quantitative estimate of drug-likeness (QED) is 0.0937. The molecule has 12 heteroatoms. The third-order valence-electron chi connectivity index (χ3n) is 7.93. The number of nitrogens with zero attached hydrogens (tertiary/aromatic N) is 4. The molecular weight excluding hydrogens is 633 g/mol. The summed E-state index contributed by atoms with van der Waals surface area (Å²) in [4.78, 5) is 18.5. The molecule has 0 bridgehead atoms. The molecule has 0 aliphatic heterocycles. The van der Waals surface area contributed by atoms with Crippen molar-refractivity contribution in [2.75, 3.05) is 23.0 Å². The normalized spacial score (nSPS) is 20.3. The smallest absolute Gasteiger partial charge is 0.227 e. The van der Waals surface area contributed by atoms with Crippen LogP contribution in [0.3, 0.4) is 0 Å². The fourth-order valence-corrected chi connectivity index (χ4v) is 8.76. The molecule has 0 amide bonds. The second-order valence-corrected chi connectivity index (χ2v) is 17.3. The summed E-state index contributed by atoms with van der Waals surface area (Å²) in [7, 11) is -7.27. The van der Waals surface area contributed by atoms with E-state index in [-0.39, 0.29) is 45.4 Å². The van der Waals surface area contributed by atoms with Gasteiger partial charge >= 0.3 is 0 Å². The Bertz CT molecular complexity index is 1680. The molecule has 1 saturated carbocycles. The number of hydrogen-bond acceptors (Lipinski definition) is 10. The number of thioether (sulfide) groups is 2. The molecule has 2 aromatic heterocycles. The maximum absolute atomic E-state index is 13.1. The monoisotopic (exact) mass is 668 g/mol. The lowest BCUT2D eigenvalue weighted by molar-refractivity contribution is 0.217. The molecule has 4 aromatic rings. The third kappa shape index (κ3) is 6.59. The first-order valence-corrected chi connectivity index (χ1v) is 20.0. The van der Waals surface area contributed by atoms with E-state index in [4.69, 9.17) is 9.97 Å². The molecule has 8 nitrogen and oxygen atoms in total. The first-order chi connectivity index (χ1) is 21.1. The lowest BCUT2D eigenvalue weighted by Gasteiger charge is -2.52. The van der Waals surface area contributed by atoms with E-state index in [9.17, 15) is 16.8 Å². The van der Waals surface area contributed by atoms with Crippen LogP contribution in [0.4, 0.5) is 0 Å². The topological polar surface area (TPSA) is 120 Å². The van der Waals surface area contributed by atoms with Crippen molar-refractivity contribution < 1.29 is 16.8 Å². The summed E-state index contributed by atoms with van der Waals surface area (Å²) in [6, 6.07) is 23.6. The van der Waals surface area contributed by atoms with Crippen molar-refractivity contribution in [3.8, 4) is 0 Å². The lowest BCUT2D eigenvalue weighted by Crippen LogP contribution is -2.41. The first-order valence-electron chi connectivity index (χ1n) is 14.7. The van der Waals surface area contributed by atoms with Gasteiger partial charge in [0.1, 0.15) is 5.03 Å². The molecule has 0 N–H and O–H groups in total. The van der Waals surface area contributed by atoms with Gasteiger partial charge < -0.3 is 0 Å². The Labute approximate surface area is 268 Å². The molecule has 0 radical (unpaired) electrons. The van der Waals surface area contributed by atoms with Crippen molar-refractivity contribution in [3.63, 3.8) is 0 Å². The van der Waals surface area contributed by atoms with Crippen molar-refractivity contribution in [1.82, 2.24) is 19.9 Å². The first kappa shape index (κ1) is 32.6. The second-order valence-electron chi connectivity index (χ2n) is 10.4. The van der Waals surface area contributed by atoms with E-state index in [0.29, 0.717) is 27.3 Å². The van der Waals surface area contributed by atoms with Gasteiger partial charge in [-0.05, 0) is 34.8 Å². The summed E-state index contributed by atoms with van der Waals surface area (Å²) in [6.07, 6.45) is 0. The summed E-state index contributed by atoms with van der Waals surface area (Å²) in [5, 5.41) is 0.921. The maximum Gasteiger partial charge on any atom is 0.248 e. The van der Waals surface area contributed by atoms with Gasteiger partial charge in [0.25, 0.3) is 0 Å². The number of rotatable bonds is 12. The van der Waals surface area contributed by atoms with Crippen LogP contribution in [-0.2, 0) is 19.7 Å². The van der Waals surface area contributed by atoms with E-state index in [2.05, 4.69) is 34.2 Å². The number of sulfone groups is 2. The van der Waals surface area contributed by atoms with Crippen LogP contribution in [0.5, 0.6) is 0 Å². The standard InChI is InChI=1S/C32H36N4O4S4/c1-5-41-25-19-23(34-32(35-25)44(39,40)8-4)29-27(21-15-11-9-12-16-21)30(28(29)22-17-13-10-14-18-22)24-20-26(43(37,38)7-3)36-31(33-24)42-6-2/h9-20,27-30H,5-8H2,1-4H3. The number of benzene rings is 2. The molecule has 1 aliphatic carbocycles. The zero-order valence-corrected chi connectivity index (χ0v) is 28.4. The lowest BCUT2D eigenvalue weighted by atomic mass is 9.50. The average molecular weight is 669 g/mol. The minimum Gasteiger partial charge on any atom is -0.227 e. The predicted octanol–water partition coefficient (Wildman–Crippen LogP) is 6.53. The number of aromatic nitrogens is 4. The SMILES string of the molecule is CCSc1cc(C2C(c3ccccc3)C(c3cc(S(=O)(=O)CC)nc(SCC)n3)C2c2ccccc2)nc(S(=O)(=O)CC)n1. The van der Waals surface area contributed by atoms with E-state index in [1.807, 2.05) is 56.3 Å². The minimum atomic E-state index is -3.67. The highest BCUT2D eigenvalue weighted by molar-refractivity contribution is 7.99. The van der Waals surface area contributed by atoms with Crippen molar-refractivity contribution >= 4 is 43.2 Å². The van der Waals surface area contributed by atoms with Crippen molar-refractivity contribution in [2.45, 2.75) is 71.7 Å². The highest BCUT2D eigenvalue weighted by Crippen LogP contribution is 2.66. The van der Waals surface area contributed by atoms with Gasteiger partial charge in [0.15, 0.2) is 20.0 Å². The van der Waals surface area contributed by atoms with Crippen LogP contribution in [0, 0.1) is 0 Å². The van der Waals surface area contributed by atoms with Crippen LogP contribution in [0.15, 0.2) is 93.2 Å². The molecule has 2 unspecified atom stereocenters. The van der Waals surface area contributed by atoms with E-state index in [0.717, 1.165) is 16.9 Å². The van der Waals surface area contributed by atoms with Crippen LogP contribution < -0.4 is 0 Å². The molecule has 1 aliphatic rings. The molecule has 44 heavy (non-hydrogen) atoms. The van der Waals surface area contributed by atoms with Gasteiger partial charge in [0.2, 0.25) is 15.0 Å². The van der Waals surface area contributed by atoms with Gasteiger partial charge in [-0.25, -0.2) is 36.8 Å². The summed E-state index contributed by atoms with van der Waals surface area (Å²) in [5.74, 6) is 0.478. The Morgan fingerprint density at radius 1 is 0.591 bits per heavy atom. The van der Waals surface area contributed by atoms with E-state index in [1.54, 1.807) is 19.9 Å². The molecular formula is C32H36N4O4S4.